The third-order valence-corrected chi connectivity index (χ3v) is 3.81. The second-order valence-corrected chi connectivity index (χ2v) is 4.84. The summed E-state index contributed by atoms with van der Waals surface area (Å²) in [6.07, 6.45) is 3.19. The van der Waals surface area contributed by atoms with Crippen LogP contribution < -0.4 is 5.73 Å². The van der Waals surface area contributed by atoms with Gasteiger partial charge in [-0.15, -0.1) is 0 Å². The van der Waals surface area contributed by atoms with Gasteiger partial charge in [-0.1, -0.05) is 23.4 Å². The number of nitrogens with zero attached hydrogens (tertiary/aromatic N) is 4. The molecule has 2 heterocycles. The molecule has 0 saturated heterocycles. The highest BCUT2D eigenvalue weighted by molar-refractivity contribution is 7.98. The number of aromatic nitrogens is 4. The van der Waals surface area contributed by atoms with E-state index in [1.54, 1.807) is 17.1 Å². The number of thioether (sulfide) groups is 1. The van der Waals surface area contributed by atoms with Crippen LogP contribution in [-0.4, -0.2) is 19.7 Å². The number of nitrogen functional groups attached to an aromatic ring is 1. The molecular weight excluding hydrogens is 258 g/mol. The molecule has 90 valence electrons. The first-order valence-corrected chi connectivity index (χ1v) is 6.33. The van der Waals surface area contributed by atoms with Crippen molar-refractivity contribution in [1.29, 1.82) is 0 Å². The number of rotatable bonds is 3. The van der Waals surface area contributed by atoms with Crippen LogP contribution in [0.15, 0.2) is 17.4 Å². The van der Waals surface area contributed by atoms with Gasteiger partial charge in [-0.2, -0.15) is 5.10 Å². The molecule has 17 heavy (non-hydrogen) atoms. The van der Waals surface area contributed by atoms with Crippen LogP contribution in [0.5, 0.6) is 0 Å². The highest BCUT2D eigenvalue weighted by Crippen LogP contribution is 2.29. The van der Waals surface area contributed by atoms with Crippen LogP contribution in [0.3, 0.4) is 0 Å². The molecule has 2 aromatic rings. The molecule has 2 rings (SSSR count). The van der Waals surface area contributed by atoms with Gasteiger partial charge in [0, 0.05) is 30.8 Å². The quantitative estimate of drug-likeness (QED) is 0.864. The van der Waals surface area contributed by atoms with Crippen LogP contribution in [0.25, 0.3) is 0 Å². The van der Waals surface area contributed by atoms with E-state index in [0.717, 1.165) is 11.3 Å². The van der Waals surface area contributed by atoms with Gasteiger partial charge in [0.05, 0.1) is 5.69 Å². The molecule has 0 aromatic carbocycles. The minimum Gasteiger partial charge on any atom is -0.381 e. The van der Waals surface area contributed by atoms with E-state index < -0.39 is 0 Å². The Morgan fingerprint density at radius 1 is 1.41 bits per heavy atom. The predicted molar refractivity (Wildman–Crippen MR) is 69.0 cm³/mol. The maximum Gasteiger partial charge on any atom is 0.156 e. The van der Waals surface area contributed by atoms with Gasteiger partial charge in [0.15, 0.2) is 5.82 Å². The number of hydrogen-bond donors (Lipinski definition) is 1. The van der Waals surface area contributed by atoms with E-state index in [0.29, 0.717) is 21.7 Å². The zero-order valence-corrected chi connectivity index (χ0v) is 11.1. The van der Waals surface area contributed by atoms with Crippen molar-refractivity contribution in [2.45, 2.75) is 17.7 Å². The molecule has 0 aliphatic carbocycles. The lowest BCUT2D eigenvalue weighted by Crippen LogP contribution is -1.95. The standard InChI is InChI=1S/C10H12ClN5S/c1-6-7(8(11)16(2)15-6)5-17-10-9(12)13-3-4-14-10/h3-4H,5H2,1-2H3,(H2,12,13). The third kappa shape index (κ3) is 2.53. The molecule has 2 aromatic heterocycles. The van der Waals surface area contributed by atoms with Crippen molar-refractivity contribution in [3.63, 3.8) is 0 Å². The molecule has 0 radical (unpaired) electrons. The Balaban J connectivity index is 2.15. The van der Waals surface area contributed by atoms with E-state index in [1.807, 2.05) is 14.0 Å². The molecule has 0 atom stereocenters. The summed E-state index contributed by atoms with van der Waals surface area (Å²) in [5, 5.41) is 5.61. The maximum absolute atomic E-state index is 6.14. The summed E-state index contributed by atoms with van der Waals surface area (Å²) in [7, 11) is 1.82. The topological polar surface area (TPSA) is 69.6 Å². The summed E-state index contributed by atoms with van der Waals surface area (Å²) in [5.74, 6) is 1.12. The molecule has 0 amide bonds. The Hall–Kier alpha value is -1.27. The second kappa shape index (κ2) is 4.93. The van der Waals surface area contributed by atoms with Gasteiger partial charge in [0.1, 0.15) is 10.2 Å². The van der Waals surface area contributed by atoms with Crippen LogP contribution in [0.4, 0.5) is 5.82 Å². The highest BCUT2D eigenvalue weighted by atomic mass is 35.5. The first-order valence-electron chi connectivity index (χ1n) is 4.97. The Morgan fingerprint density at radius 3 is 2.71 bits per heavy atom. The minimum atomic E-state index is 0.440. The molecule has 2 N–H and O–H groups in total. The number of hydrogen-bond acceptors (Lipinski definition) is 5. The molecule has 7 heteroatoms. The highest BCUT2D eigenvalue weighted by Gasteiger charge is 2.12. The average Bonchev–Trinajstić information content (AvgIpc) is 2.53. The van der Waals surface area contributed by atoms with Crippen molar-refractivity contribution in [3.8, 4) is 0 Å². The smallest absolute Gasteiger partial charge is 0.156 e. The molecule has 0 bridgehead atoms. The van der Waals surface area contributed by atoms with E-state index in [1.165, 1.54) is 11.8 Å². The van der Waals surface area contributed by atoms with Crippen LogP contribution in [0.2, 0.25) is 5.15 Å². The van der Waals surface area contributed by atoms with Crippen molar-refractivity contribution >= 4 is 29.2 Å². The van der Waals surface area contributed by atoms with Crippen LogP contribution in [0, 0.1) is 6.92 Å². The lowest BCUT2D eigenvalue weighted by atomic mass is 10.3. The largest absolute Gasteiger partial charge is 0.381 e. The fraction of sp³-hybridized carbons (Fsp3) is 0.300. The second-order valence-electron chi connectivity index (χ2n) is 3.51. The molecule has 0 aliphatic heterocycles. The average molecular weight is 270 g/mol. The minimum absolute atomic E-state index is 0.440. The van der Waals surface area contributed by atoms with Crippen LogP contribution in [-0.2, 0) is 12.8 Å². The van der Waals surface area contributed by atoms with E-state index in [4.69, 9.17) is 17.3 Å². The molecular formula is C10H12ClN5S. The van der Waals surface area contributed by atoms with Crippen molar-refractivity contribution in [1.82, 2.24) is 19.7 Å². The number of halogens is 1. The molecule has 0 aliphatic rings. The van der Waals surface area contributed by atoms with Crippen LogP contribution >= 0.6 is 23.4 Å². The van der Waals surface area contributed by atoms with Gasteiger partial charge in [0.2, 0.25) is 0 Å². The fourth-order valence-electron chi connectivity index (χ4n) is 1.43. The number of anilines is 1. The van der Waals surface area contributed by atoms with Crippen molar-refractivity contribution in [3.05, 3.63) is 28.8 Å². The fourth-order valence-corrected chi connectivity index (χ4v) is 2.71. The summed E-state index contributed by atoms with van der Waals surface area (Å²) in [5.41, 5.74) is 7.65. The zero-order valence-electron chi connectivity index (χ0n) is 9.51. The summed E-state index contributed by atoms with van der Waals surface area (Å²) in [6.45, 7) is 1.93. The van der Waals surface area contributed by atoms with Gasteiger partial charge < -0.3 is 5.73 Å². The first-order chi connectivity index (χ1) is 8.09. The molecule has 0 unspecified atom stereocenters. The van der Waals surface area contributed by atoms with E-state index in [-0.39, 0.29) is 0 Å². The van der Waals surface area contributed by atoms with E-state index in [2.05, 4.69) is 15.1 Å². The van der Waals surface area contributed by atoms with Gasteiger partial charge in [-0.25, -0.2) is 9.97 Å². The summed E-state index contributed by atoms with van der Waals surface area (Å²) in [4.78, 5) is 8.15. The zero-order chi connectivity index (χ0) is 12.4. The van der Waals surface area contributed by atoms with Crippen molar-refractivity contribution in [2.24, 2.45) is 7.05 Å². The van der Waals surface area contributed by atoms with Gasteiger partial charge >= 0.3 is 0 Å². The van der Waals surface area contributed by atoms with Crippen molar-refractivity contribution in [2.75, 3.05) is 5.73 Å². The normalized spacial score (nSPS) is 10.8. The Kier molecular flexibility index (Phi) is 3.54. The number of aryl methyl sites for hydroxylation is 2. The lowest BCUT2D eigenvalue weighted by Gasteiger charge is -2.02. The van der Waals surface area contributed by atoms with E-state index in [9.17, 15) is 0 Å². The molecule has 0 spiro atoms. The number of nitrogens with two attached hydrogens (primary N) is 1. The maximum atomic E-state index is 6.14. The molecule has 0 fully saturated rings. The van der Waals surface area contributed by atoms with Gasteiger partial charge in [-0.05, 0) is 6.92 Å². The first kappa shape index (κ1) is 12.2. The Morgan fingerprint density at radius 2 is 2.12 bits per heavy atom. The third-order valence-electron chi connectivity index (χ3n) is 2.31. The lowest BCUT2D eigenvalue weighted by molar-refractivity contribution is 0.757. The van der Waals surface area contributed by atoms with Gasteiger partial charge in [-0.3, -0.25) is 4.68 Å². The van der Waals surface area contributed by atoms with Gasteiger partial charge in [0.25, 0.3) is 0 Å². The van der Waals surface area contributed by atoms with Crippen molar-refractivity contribution < 1.29 is 0 Å². The predicted octanol–water partition coefficient (Wildman–Crippen LogP) is 2.05. The molecule has 0 saturated carbocycles. The van der Waals surface area contributed by atoms with Crippen LogP contribution in [0.1, 0.15) is 11.3 Å². The van der Waals surface area contributed by atoms with E-state index >= 15 is 0 Å². The summed E-state index contributed by atoms with van der Waals surface area (Å²) >= 11 is 7.65. The summed E-state index contributed by atoms with van der Waals surface area (Å²) in [6, 6.07) is 0. The molecule has 5 nitrogen and oxygen atoms in total. The SMILES string of the molecule is Cc1nn(C)c(Cl)c1CSc1nccnc1N. The Bertz CT molecular complexity index is 539. The summed E-state index contributed by atoms with van der Waals surface area (Å²) < 4.78 is 1.66. The Labute approximate surface area is 108 Å². The monoisotopic (exact) mass is 269 g/mol.